The molecule has 0 radical (unpaired) electrons. The van der Waals surface area contributed by atoms with E-state index in [1.54, 1.807) is 31.5 Å². The maximum Gasteiger partial charge on any atom is 0.416 e. The number of methoxy groups -OCH3 is 1. The highest BCUT2D eigenvalue weighted by Gasteiger charge is 2.35. The topological polar surface area (TPSA) is 51.4 Å². The van der Waals surface area contributed by atoms with Crippen LogP contribution in [0.25, 0.3) is 0 Å². The van der Waals surface area contributed by atoms with E-state index in [0.717, 1.165) is 29.9 Å². The zero-order valence-corrected chi connectivity index (χ0v) is 13.8. The average molecular weight is 351 g/mol. The molecule has 1 aromatic carbocycles. The monoisotopic (exact) mass is 351 g/mol. The molecule has 7 heteroatoms. The van der Waals surface area contributed by atoms with E-state index in [1.807, 2.05) is 6.07 Å². The number of rotatable bonds is 4. The van der Waals surface area contributed by atoms with Gasteiger partial charge >= 0.3 is 6.18 Å². The van der Waals surface area contributed by atoms with Gasteiger partial charge in [-0.25, -0.2) is 4.98 Å². The van der Waals surface area contributed by atoms with Crippen LogP contribution in [-0.4, -0.2) is 31.3 Å². The first-order valence-corrected chi connectivity index (χ1v) is 8.02. The quantitative estimate of drug-likeness (QED) is 0.913. The smallest absolute Gasteiger partial charge is 0.397 e. The van der Waals surface area contributed by atoms with E-state index in [0.29, 0.717) is 18.8 Å². The van der Waals surface area contributed by atoms with Crippen molar-refractivity contribution in [3.05, 3.63) is 53.7 Å². The Labute approximate surface area is 144 Å². The second-order valence-corrected chi connectivity index (χ2v) is 6.26. The van der Waals surface area contributed by atoms with Gasteiger partial charge in [0.25, 0.3) is 0 Å². The number of anilines is 2. The third-order valence-electron chi connectivity index (χ3n) is 4.55. The van der Waals surface area contributed by atoms with Crippen molar-refractivity contribution in [1.82, 2.24) is 4.98 Å². The first-order valence-electron chi connectivity index (χ1n) is 8.02. The fourth-order valence-corrected chi connectivity index (χ4v) is 3.30. The van der Waals surface area contributed by atoms with E-state index in [4.69, 9.17) is 10.5 Å². The fraction of sp³-hybridized carbons (Fsp3) is 0.389. The number of halogens is 3. The summed E-state index contributed by atoms with van der Waals surface area (Å²) in [6.07, 6.45) is -1.91. The molecule has 0 amide bonds. The van der Waals surface area contributed by atoms with Crippen LogP contribution in [0.2, 0.25) is 0 Å². The normalized spacial score (nSPS) is 20.9. The van der Waals surface area contributed by atoms with E-state index < -0.39 is 11.7 Å². The average Bonchev–Trinajstić information content (AvgIpc) is 2.99. The third-order valence-corrected chi connectivity index (χ3v) is 4.55. The molecule has 1 aliphatic heterocycles. The van der Waals surface area contributed by atoms with Crippen LogP contribution in [0.4, 0.5) is 24.7 Å². The number of benzene rings is 1. The van der Waals surface area contributed by atoms with Gasteiger partial charge in [0.15, 0.2) is 0 Å². The van der Waals surface area contributed by atoms with E-state index >= 15 is 0 Å². The third kappa shape index (κ3) is 3.87. The van der Waals surface area contributed by atoms with Crippen molar-refractivity contribution < 1.29 is 17.9 Å². The van der Waals surface area contributed by atoms with Gasteiger partial charge in [0.2, 0.25) is 0 Å². The predicted octanol–water partition coefficient (Wildman–Crippen LogP) is 3.69. The first-order chi connectivity index (χ1) is 11.9. The van der Waals surface area contributed by atoms with Crippen molar-refractivity contribution in [3.63, 3.8) is 0 Å². The summed E-state index contributed by atoms with van der Waals surface area (Å²) < 4.78 is 43.5. The number of alkyl halides is 3. The van der Waals surface area contributed by atoms with Crippen LogP contribution in [0.15, 0.2) is 42.6 Å². The Bertz CT molecular complexity index is 701. The van der Waals surface area contributed by atoms with Gasteiger partial charge in [0.05, 0.1) is 30.1 Å². The summed E-state index contributed by atoms with van der Waals surface area (Å²) in [4.78, 5) is 6.49. The molecule has 1 saturated heterocycles. The Morgan fingerprint density at radius 1 is 1.20 bits per heavy atom. The van der Waals surface area contributed by atoms with Crippen molar-refractivity contribution in [1.29, 1.82) is 0 Å². The molecule has 4 nitrogen and oxygen atoms in total. The predicted molar refractivity (Wildman–Crippen MR) is 90.5 cm³/mol. The molecular formula is C18H20F3N3O. The minimum absolute atomic E-state index is 0.119. The standard InChI is InChI=1S/C18H20F3N3O/c1-25-11-16-8-13(10-24(16)17-7-6-15(22)9-23-17)12-2-4-14(5-3-12)18(19,20)21/h2-7,9,13,16H,8,10-11,22H2,1H3/t13?,16-/m0/s1. The minimum Gasteiger partial charge on any atom is -0.397 e. The number of hydrogen-bond donors (Lipinski definition) is 1. The Morgan fingerprint density at radius 2 is 1.92 bits per heavy atom. The van der Waals surface area contributed by atoms with Crippen LogP contribution in [0.3, 0.4) is 0 Å². The minimum atomic E-state index is -4.31. The van der Waals surface area contributed by atoms with Gasteiger partial charge < -0.3 is 15.4 Å². The summed E-state index contributed by atoms with van der Waals surface area (Å²) >= 11 is 0. The largest absolute Gasteiger partial charge is 0.416 e. The molecule has 2 atom stereocenters. The number of nitrogen functional groups attached to an aromatic ring is 1. The molecule has 0 spiro atoms. The molecule has 0 bridgehead atoms. The van der Waals surface area contributed by atoms with Crippen molar-refractivity contribution >= 4 is 11.5 Å². The van der Waals surface area contributed by atoms with Gasteiger partial charge in [-0.05, 0) is 36.2 Å². The molecule has 0 aliphatic carbocycles. The van der Waals surface area contributed by atoms with Crippen molar-refractivity contribution in [2.45, 2.75) is 24.6 Å². The summed E-state index contributed by atoms with van der Waals surface area (Å²) in [5, 5.41) is 0. The Balaban J connectivity index is 1.80. The van der Waals surface area contributed by atoms with E-state index in [1.165, 1.54) is 0 Å². The molecule has 1 fully saturated rings. The van der Waals surface area contributed by atoms with Gasteiger partial charge in [-0.15, -0.1) is 0 Å². The molecule has 2 aromatic rings. The van der Waals surface area contributed by atoms with Gasteiger partial charge in [-0.2, -0.15) is 13.2 Å². The first kappa shape index (κ1) is 17.5. The van der Waals surface area contributed by atoms with Crippen molar-refractivity contribution in [3.8, 4) is 0 Å². The van der Waals surface area contributed by atoms with Gasteiger partial charge in [-0.3, -0.25) is 0 Å². The lowest BCUT2D eigenvalue weighted by Crippen LogP contribution is -2.33. The second kappa shape index (κ2) is 6.92. The molecule has 2 heterocycles. The van der Waals surface area contributed by atoms with Crippen LogP contribution in [0.1, 0.15) is 23.5 Å². The van der Waals surface area contributed by atoms with E-state index in [2.05, 4.69) is 9.88 Å². The highest BCUT2D eigenvalue weighted by Crippen LogP contribution is 2.36. The maximum absolute atomic E-state index is 12.7. The number of ether oxygens (including phenoxy) is 1. The number of nitrogens with zero attached hydrogens (tertiary/aromatic N) is 2. The molecular weight excluding hydrogens is 331 g/mol. The highest BCUT2D eigenvalue weighted by atomic mass is 19.4. The van der Waals surface area contributed by atoms with Crippen LogP contribution in [0.5, 0.6) is 0 Å². The summed E-state index contributed by atoms with van der Waals surface area (Å²) in [7, 11) is 1.64. The molecule has 0 saturated carbocycles. The SMILES string of the molecule is COC[C@@H]1CC(c2ccc(C(F)(F)F)cc2)CN1c1ccc(N)cn1. The lowest BCUT2D eigenvalue weighted by atomic mass is 9.95. The van der Waals surface area contributed by atoms with Crippen LogP contribution < -0.4 is 10.6 Å². The molecule has 3 rings (SSSR count). The highest BCUT2D eigenvalue weighted by molar-refractivity contribution is 5.48. The Hall–Kier alpha value is -2.28. The number of pyridine rings is 1. The lowest BCUT2D eigenvalue weighted by Gasteiger charge is -2.25. The maximum atomic E-state index is 12.7. The summed E-state index contributed by atoms with van der Waals surface area (Å²) in [6.45, 7) is 1.21. The molecule has 2 N–H and O–H groups in total. The molecule has 134 valence electrons. The summed E-state index contributed by atoms with van der Waals surface area (Å²) in [6, 6.07) is 9.18. The summed E-state index contributed by atoms with van der Waals surface area (Å²) in [5.74, 6) is 0.924. The molecule has 25 heavy (non-hydrogen) atoms. The van der Waals surface area contributed by atoms with Gasteiger partial charge in [0.1, 0.15) is 5.82 Å². The van der Waals surface area contributed by atoms with Crippen LogP contribution >= 0.6 is 0 Å². The van der Waals surface area contributed by atoms with Crippen molar-refractivity contribution in [2.75, 3.05) is 30.9 Å². The van der Waals surface area contributed by atoms with E-state index in [-0.39, 0.29) is 12.0 Å². The zero-order chi connectivity index (χ0) is 18.0. The van der Waals surface area contributed by atoms with Gasteiger partial charge in [-0.1, -0.05) is 12.1 Å². The van der Waals surface area contributed by atoms with E-state index in [9.17, 15) is 13.2 Å². The zero-order valence-electron chi connectivity index (χ0n) is 13.8. The molecule has 1 aliphatic rings. The van der Waals surface area contributed by atoms with Crippen molar-refractivity contribution in [2.24, 2.45) is 0 Å². The Kier molecular flexibility index (Phi) is 4.85. The lowest BCUT2D eigenvalue weighted by molar-refractivity contribution is -0.137. The Morgan fingerprint density at radius 3 is 2.48 bits per heavy atom. The molecule has 1 aromatic heterocycles. The van der Waals surface area contributed by atoms with Crippen LogP contribution in [-0.2, 0) is 10.9 Å². The molecule has 1 unspecified atom stereocenters. The number of aromatic nitrogens is 1. The number of nitrogens with two attached hydrogens (primary N) is 1. The second-order valence-electron chi connectivity index (χ2n) is 6.26. The number of hydrogen-bond acceptors (Lipinski definition) is 4. The van der Waals surface area contributed by atoms with Gasteiger partial charge in [0, 0.05) is 19.6 Å². The van der Waals surface area contributed by atoms with Crippen LogP contribution in [0, 0.1) is 0 Å². The fourth-order valence-electron chi connectivity index (χ4n) is 3.30. The summed E-state index contributed by atoms with van der Waals surface area (Å²) in [5.41, 5.74) is 6.55.